The lowest BCUT2D eigenvalue weighted by Crippen LogP contribution is -2.43. The minimum atomic E-state index is 0.0228. The van der Waals surface area contributed by atoms with Crippen LogP contribution < -0.4 is 5.32 Å². The monoisotopic (exact) mass is 385 g/mol. The molecule has 28 heavy (non-hydrogen) atoms. The molecule has 0 bridgehead atoms. The summed E-state index contributed by atoms with van der Waals surface area (Å²) in [6.45, 7) is 6.42. The molecule has 0 unspecified atom stereocenters. The maximum absolute atomic E-state index is 12.7. The van der Waals surface area contributed by atoms with E-state index in [2.05, 4.69) is 28.4 Å². The number of morpholine rings is 1. The maximum Gasteiger partial charge on any atom is 0.225 e. The van der Waals surface area contributed by atoms with Crippen molar-refractivity contribution in [3.8, 4) is 0 Å². The van der Waals surface area contributed by atoms with Gasteiger partial charge >= 0.3 is 0 Å². The number of carbonyl (C=O) groups is 2. The lowest BCUT2D eigenvalue weighted by Gasteiger charge is -2.31. The molecule has 2 heterocycles. The van der Waals surface area contributed by atoms with Gasteiger partial charge in [-0.05, 0) is 36.8 Å². The van der Waals surface area contributed by atoms with Crippen molar-refractivity contribution in [2.75, 3.05) is 39.4 Å². The quantitative estimate of drug-likeness (QED) is 0.811. The summed E-state index contributed by atoms with van der Waals surface area (Å²) < 4.78 is 5.43. The van der Waals surface area contributed by atoms with E-state index in [1.54, 1.807) is 0 Å². The molecule has 152 valence electrons. The zero-order valence-corrected chi connectivity index (χ0v) is 16.6. The SMILES string of the molecule is O=C(NCc1ccccc1CN1CCOCC1)C1CCN(C(=O)C2CC2)CC1. The van der Waals surface area contributed by atoms with Crippen LogP contribution in [0.25, 0.3) is 0 Å². The van der Waals surface area contributed by atoms with E-state index in [1.807, 2.05) is 11.0 Å². The molecule has 1 aromatic carbocycles. The summed E-state index contributed by atoms with van der Waals surface area (Å²) in [5.41, 5.74) is 2.46. The highest BCUT2D eigenvalue weighted by Gasteiger charge is 2.35. The van der Waals surface area contributed by atoms with Gasteiger partial charge in [-0.3, -0.25) is 14.5 Å². The van der Waals surface area contributed by atoms with Crippen molar-refractivity contribution in [3.05, 3.63) is 35.4 Å². The normalized spacial score (nSPS) is 21.5. The molecule has 0 radical (unpaired) electrons. The van der Waals surface area contributed by atoms with Gasteiger partial charge in [0.1, 0.15) is 0 Å². The van der Waals surface area contributed by atoms with Crippen LogP contribution in [0.15, 0.2) is 24.3 Å². The first-order valence-electron chi connectivity index (χ1n) is 10.6. The molecular weight excluding hydrogens is 354 g/mol. The summed E-state index contributed by atoms with van der Waals surface area (Å²) in [7, 11) is 0. The number of carbonyl (C=O) groups excluding carboxylic acids is 2. The fourth-order valence-corrected chi connectivity index (χ4v) is 4.16. The highest BCUT2D eigenvalue weighted by atomic mass is 16.5. The number of hydrogen-bond donors (Lipinski definition) is 1. The van der Waals surface area contributed by atoms with Gasteiger partial charge in [-0.15, -0.1) is 0 Å². The van der Waals surface area contributed by atoms with Crippen LogP contribution in [-0.4, -0.2) is 61.0 Å². The Morgan fingerprint density at radius 3 is 2.29 bits per heavy atom. The van der Waals surface area contributed by atoms with Gasteiger partial charge in [0, 0.05) is 51.1 Å². The molecule has 4 rings (SSSR count). The third-order valence-electron chi connectivity index (χ3n) is 6.17. The summed E-state index contributed by atoms with van der Waals surface area (Å²) in [6.07, 6.45) is 3.64. The molecule has 3 fully saturated rings. The number of amides is 2. The fraction of sp³-hybridized carbons (Fsp3) is 0.636. The van der Waals surface area contributed by atoms with Crippen LogP contribution in [0.3, 0.4) is 0 Å². The van der Waals surface area contributed by atoms with E-state index in [4.69, 9.17) is 4.74 Å². The van der Waals surface area contributed by atoms with Crippen LogP contribution in [-0.2, 0) is 27.4 Å². The average molecular weight is 386 g/mol. The van der Waals surface area contributed by atoms with Gasteiger partial charge in [0.05, 0.1) is 13.2 Å². The zero-order valence-electron chi connectivity index (χ0n) is 16.6. The van der Waals surface area contributed by atoms with E-state index < -0.39 is 0 Å². The number of nitrogens with one attached hydrogen (secondary N) is 1. The van der Waals surface area contributed by atoms with E-state index >= 15 is 0 Å². The average Bonchev–Trinajstić information content (AvgIpc) is 3.59. The Morgan fingerprint density at radius 1 is 0.929 bits per heavy atom. The molecule has 3 aliphatic rings. The number of rotatable bonds is 6. The molecule has 0 aromatic heterocycles. The predicted octanol–water partition coefficient (Wildman–Crippen LogP) is 1.78. The van der Waals surface area contributed by atoms with Gasteiger partial charge in [-0.2, -0.15) is 0 Å². The van der Waals surface area contributed by atoms with Crippen LogP contribution in [0.5, 0.6) is 0 Å². The second kappa shape index (κ2) is 9.05. The highest BCUT2D eigenvalue weighted by Crippen LogP contribution is 2.32. The third-order valence-corrected chi connectivity index (χ3v) is 6.17. The van der Waals surface area contributed by atoms with Crippen LogP contribution in [0.4, 0.5) is 0 Å². The van der Waals surface area contributed by atoms with E-state index in [9.17, 15) is 9.59 Å². The van der Waals surface area contributed by atoms with Crippen molar-refractivity contribution >= 4 is 11.8 Å². The number of ether oxygens (including phenoxy) is 1. The molecule has 2 saturated heterocycles. The van der Waals surface area contributed by atoms with Crippen LogP contribution in [0, 0.1) is 11.8 Å². The van der Waals surface area contributed by atoms with Gasteiger partial charge in [0.2, 0.25) is 11.8 Å². The molecule has 1 aliphatic carbocycles. The minimum absolute atomic E-state index is 0.0228. The van der Waals surface area contributed by atoms with Crippen molar-refractivity contribution in [3.63, 3.8) is 0 Å². The van der Waals surface area contributed by atoms with Crippen LogP contribution in [0.1, 0.15) is 36.8 Å². The van der Waals surface area contributed by atoms with E-state index in [0.29, 0.717) is 12.5 Å². The van der Waals surface area contributed by atoms with Crippen molar-refractivity contribution in [1.29, 1.82) is 0 Å². The first kappa shape index (κ1) is 19.4. The van der Waals surface area contributed by atoms with Crippen molar-refractivity contribution in [2.45, 2.75) is 38.8 Å². The molecule has 0 atom stereocenters. The summed E-state index contributed by atoms with van der Waals surface area (Å²) in [6, 6.07) is 8.35. The van der Waals surface area contributed by atoms with Crippen molar-refractivity contribution in [1.82, 2.24) is 15.1 Å². The highest BCUT2D eigenvalue weighted by molar-refractivity contribution is 5.82. The molecule has 6 heteroatoms. The molecule has 0 spiro atoms. The number of hydrogen-bond acceptors (Lipinski definition) is 4. The standard InChI is InChI=1S/C22H31N3O3/c26-21(17-7-9-25(10-8-17)22(27)18-5-6-18)23-15-19-3-1-2-4-20(19)16-24-11-13-28-14-12-24/h1-4,17-18H,5-16H2,(H,23,26). The summed E-state index contributed by atoms with van der Waals surface area (Å²) in [4.78, 5) is 29.2. The molecule has 1 saturated carbocycles. The lowest BCUT2D eigenvalue weighted by molar-refractivity contribution is -0.136. The zero-order chi connectivity index (χ0) is 19.3. The number of piperidine rings is 1. The third kappa shape index (κ3) is 4.92. The van der Waals surface area contributed by atoms with Crippen molar-refractivity contribution in [2.24, 2.45) is 11.8 Å². The number of benzene rings is 1. The van der Waals surface area contributed by atoms with E-state index in [0.717, 1.165) is 71.6 Å². The van der Waals surface area contributed by atoms with E-state index in [-0.39, 0.29) is 17.7 Å². The Balaban J connectivity index is 1.26. The molecule has 1 aromatic rings. The fourth-order valence-electron chi connectivity index (χ4n) is 4.16. The van der Waals surface area contributed by atoms with Gasteiger partial charge in [-0.25, -0.2) is 0 Å². The van der Waals surface area contributed by atoms with Crippen molar-refractivity contribution < 1.29 is 14.3 Å². The Morgan fingerprint density at radius 2 is 1.61 bits per heavy atom. The first-order valence-corrected chi connectivity index (χ1v) is 10.6. The first-order chi connectivity index (χ1) is 13.7. The number of likely N-dealkylation sites (tertiary alicyclic amines) is 1. The Hall–Kier alpha value is -1.92. The number of nitrogens with zero attached hydrogens (tertiary/aromatic N) is 2. The predicted molar refractivity (Wildman–Crippen MR) is 106 cm³/mol. The van der Waals surface area contributed by atoms with Crippen LogP contribution >= 0.6 is 0 Å². The second-order valence-electron chi connectivity index (χ2n) is 8.25. The van der Waals surface area contributed by atoms with Crippen LogP contribution in [0.2, 0.25) is 0 Å². The smallest absolute Gasteiger partial charge is 0.225 e. The Kier molecular flexibility index (Phi) is 6.27. The second-order valence-corrected chi connectivity index (χ2v) is 8.25. The summed E-state index contributed by atoms with van der Waals surface area (Å²) in [5, 5.41) is 3.14. The molecule has 6 nitrogen and oxygen atoms in total. The Labute approximate surface area is 167 Å². The molecule has 2 amide bonds. The minimum Gasteiger partial charge on any atom is -0.379 e. The van der Waals surface area contributed by atoms with Gasteiger partial charge in [0.15, 0.2) is 0 Å². The largest absolute Gasteiger partial charge is 0.379 e. The topological polar surface area (TPSA) is 61.9 Å². The van der Waals surface area contributed by atoms with E-state index in [1.165, 1.54) is 11.1 Å². The van der Waals surface area contributed by atoms with Gasteiger partial charge in [0.25, 0.3) is 0 Å². The molecule has 2 aliphatic heterocycles. The Bertz CT molecular complexity index is 690. The summed E-state index contributed by atoms with van der Waals surface area (Å²) in [5.74, 6) is 0.721. The lowest BCUT2D eigenvalue weighted by atomic mass is 9.95. The summed E-state index contributed by atoms with van der Waals surface area (Å²) >= 11 is 0. The molecule has 1 N–H and O–H groups in total. The van der Waals surface area contributed by atoms with Gasteiger partial charge in [-0.1, -0.05) is 24.3 Å². The molecular formula is C22H31N3O3. The maximum atomic E-state index is 12.7. The van der Waals surface area contributed by atoms with Gasteiger partial charge < -0.3 is 15.0 Å².